The van der Waals surface area contributed by atoms with Crippen LogP contribution in [-0.4, -0.2) is 20.6 Å². The average Bonchev–Trinajstić information content (AvgIpc) is 3.11. The van der Waals surface area contributed by atoms with E-state index in [9.17, 15) is 9.18 Å². The SMILES string of the molecule is O=C(Cc1ccc(O)c(F)c1)NCc1ccccc1-n1ccnc1. The van der Waals surface area contributed by atoms with Crippen LogP contribution in [0, 0.1) is 5.82 Å². The Labute approximate surface area is 138 Å². The van der Waals surface area contributed by atoms with Gasteiger partial charge < -0.3 is 15.0 Å². The van der Waals surface area contributed by atoms with Crippen LogP contribution in [0.3, 0.4) is 0 Å². The van der Waals surface area contributed by atoms with Crippen molar-refractivity contribution in [1.29, 1.82) is 0 Å². The van der Waals surface area contributed by atoms with Crippen molar-refractivity contribution in [2.24, 2.45) is 0 Å². The lowest BCUT2D eigenvalue weighted by Gasteiger charge is -2.11. The van der Waals surface area contributed by atoms with Crippen molar-refractivity contribution in [1.82, 2.24) is 14.9 Å². The Morgan fingerprint density at radius 2 is 2.08 bits per heavy atom. The van der Waals surface area contributed by atoms with Gasteiger partial charge in [0.15, 0.2) is 11.6 Å². The Morgan fingerprint density at radius 1 is 1.25 bits per heavy atom. The summed E-state index contributed by atoms with van der Waals surface area (Å²) in [5.74, 6) is -1.38. The highest BCUT2D eigenvalue weighted by atomic mass is 19.1. The summed E-state index contributed by atoms with van der Waals surface area (Å²) in [4.78, 5) is 16.1. The maximum atomic E-state index is 13.3. The van der Waals surface area contributed by atoms with Crippen LogP contribution < -0.4 is 5.32 Å². The molecule has 0 saturated carbocycles. The number of benzene rings is 2. The minimum absolute atomic E-state index is 0.0461. The summed E-state index contributed by atoms with van der Waals surface area (Å²) >= 11 is 0. The molecule has 1 heterocycles. The molecular weight excluding hydrogens is 309 g/mol. The van der Waals surface area contributed by atoms with Crippen molar-refractivity contribution in [2.45, 2.75) is 13.0 Å². The predicted molar refractivity (Wildman–Crippen MR) is 87.2 cm³/mol. The van der Waals surface area contributed by atoms with E-state index in [-0.39, 0.29) is 12.3 Å². The van der Waals surface area contributed by atoms with Crippen molar-refractivity contribution in [3.63, 3.8) is 0 Å². The number of phenolic OH excluding ortho intramolecular Hbond substituents is 1. The molecule has 0 aliphatic heterocycles. The van der Waals surface area contributed by atoms with E-state index in [0.29, 0.717) is 12.1 Å². The predicted octanol–water partition coefficient (Wildman–Crippen LogP) is 2.58. The lowest BCUT2D eigenvalue weighted by molar-refractivity contribution is -0.120. The second-order valence-electron chi connectivity index (χ2n) is 5.34. The molecule has 0 saturated heterocycles. The highest BCUT2D eigenvalue weighted by molar-refractivity contribution is 5.78. The minimum Gasteiger partial charge on any atom is -0.505 e. The van der Waals surface area contributed by atoms with E-state index in [1.165, 1.54) is 12.1 Å². The first kappa shape index (κ1) is 15.7. The highest BCUT2D eigenvalue weighted by Gasteiger charge is 2.09. The topological polar surface area (TPSA) is 67.2 Å². The van der Waals surface area contributed by atoms with Crippen molar-refractivity contribution >= 4 is 5.91 Å². The standard InChI is InChI=1S/C18H16FN3O2/c19-15-9-13(5-6-17(15)23)10-18(24)21-11-14-3-1-2-4-16(14)22-8-7-20-12-22/h1-9,12,23H,10-11H2,(H,21,24). The van der Waals surface area contributed by atoms with Crippen LogP contribution in [0.5, 0.6) is 5.75 Å². The van der Waals surface area contributed by atoms with Gasteiger partial charge in [-0.25, -0.2) is 9.37 Å². The number of halogens is 1. The molecule has 0 unspecified atom stereocenters. The molecule has 3 aromatic rings. The van der Waals surface area contributed by atoms with Crippen LogP contribution in [0.15, 0.2) is 61.2 Å². The summed E-state index contributed by atoms with van der Waals surface area (Å²) < 4.78 is 15.2. The Hall–Kier alpha value is -3.15. The van der Waals surface area contributed by atoms with Gasteiger partial charge in [-0.05, 0) is 29.3 Å². The molecule has 0 bridgehead atoms. The van der Waals surface area contributed by atoms with Crippen molar-refractivity contribution in [3.05, 3.63) is 78.1 Å². The van der Waals surface area contributed by atoms with Gasteiger partial charge in [-0.2, -0.15) is 0 Å². The number of nitrogens with one attached hydrogen (secondary N) is 1. The summed E-state index contributed by atoms with van der Waals surface area (Å²) in [6.45, 7) is 0.355. The zero-order chi connectivity index (χ0) is 16.9. The van der Waals surface area contributed by atoms with E-state index in [2.05, 4.69) is 10.3 Å². The Balaban J connectivity index is 1.66. The van der Waals surface area contributed by atoms with E-state index in [0.717, 1.165) is 17.3 Å². The first-order valence-corrected chi connectivity index (χ1v) is 7.44. The van der Waals surface area contributed by atoms with Crippen molar-refractivity contribution in [2.75, 3.05) is 0 Å². The fourth-order valence-corrected chi connectivity index (χ4v) is 2.42. The van der Waals surface area contributed by atoms with Gasteiger partial charge >= 0.3 is 0 Å². The van der Waals surface area contributed by atoms with Gasteiger partial charge in [0.2, 0.25) is 5.91 Å². The molecule has 3 rings (SSSR count). The maximum Gasteiger partial charge on any atom is 0.224 e. The van der Waals surface area contributed by atoms with E-state index < -0.39 is 11.6 Å². The molecule has 0 spiro atoms. The number of amides is 1. The highest BCUT2D eigenvalue weighted by Crippen LogP contribution is 2.17. The Morgan fingerprint density at radius 3 is 2.83 bits per heavy atom. The molecule has 5 nitrogen and oxygen atoms in total. The molecule has 0 atom stereocenters. The number of aromatic hydroxyl groups is 1. The molecule has 24 heavy (non-hydrogen) atoms. The molecule has 1 aromatic heterocycles. The van der Waals surface area contributed by atoms with Crippen LogP contribution in [0.25, 0.3) is 5.69 Å². The summed E-state index contributed by atoms with van der Waals surface area (Å²) in [6, 6.07) is 11.6. The number of aromatic nitrogens is 2. The number of para-hydroxylation sites is 1. The van der Waals surface area contributed by atoms with Gasteiger partial charge in [-0.3, -0.25) is 4.79 Å². The minimum atomic E-state index is -0.731. The van der Waals surface area contributed by atoms with Gasteiger partial charge in [0.05, 0.1) is 18.4 Å². The summed E-state index contributed by atoms with van der Waals surface area (Å²) in [6.07, 6.45) is 5.26. The zero-order valence-corrected chi connectivity index (χ0v) is 12.8. The van der Waals surface area contributed by atoms with Crippen LogP contribution in [0.4, 0.5) is 4.39 Å². The number of phenols is 1. The summed E-state index contributed by atoms with van der Waals surface area (Å²) in [5.41, 5.74) is 2.39. The van der Waals surface area contributed by atoms with Crippen LogP contribution in [0.1, 0.15) is 11.1 Å². The smallest absolute Gasteiger partial charge is 0.224 e. The molecule has 0 aliphatic carbocycles. The van der Waals surface area contributed by atoms with Gasteiger partial charge in [-0.1, -0.05) is 24.3 Å². The lowest BCUT2D eigenvalue weighted by Crippen LogP contribution is -2.25. The van der Waals surface area contributed by atoms with E-state index in [1.807, 2.05) is 35.0 Å². The average molecular weight is 325 g/mol. The van der Waals surface area contributed by atoms with Gasteiger partial charge in [0, 0.05) is 18.9 Å². The van der Waals surface area contributed by atoms with Gasteiger partial charge in [0.25, 0.3) is 0 Å². The molecule has 0 radical (unpaired) electrons. The molecular formula is C18H16FN3O2. The fraction of sp³-hybridized carbons (Fsp3) is 0.111. The molecule has 2 N–H and O–H groups in total. The molecule has 0 aliphatic rings. The van der Waals surface area contributed by atoms with Crippen molar-refractivity contribution < 1.29 is 14.3 Å². The maximum absolute atomic E-state index is 13.3. The Bertz CT molecular complexity index is 847. The molecule has 122 valence electrons. The first-order chi connectivity index (χ1) is 11.6. The quantitative estimate of drug-likeness (QED) is 0.758. The number of imidazole rings is 1. The second-order valence-corrected chi connectivity index (χ2v) is 5.34. The van der Waals surface area contributed by atoms with Crippen molar-refractivity contribution in [3.8, 4) is 11.4 Å². The second kappa shape index (κ2) is 6.95. The van der Waals surface area contributed by atoms with E-state index in [4.69, 9.17) is 5.11 Å². The van der Waals surface area contributed by atoms with Gasteiger partial charge in [0.1, 0.15) is 0 Å². The number of carbonyl (C=O) groups is 1. The summed E-state index contributed by atoms with van der Waals surface area (Å²) in [5, 5.41) is 12.0. The third-order valence-electron chi connectivity index (χ3n) is 3.63. The van der Waals surface area contributed by atoms with Crippen LogP contribution >= 0.6 is 0 Å². The summed E-state index contributed by atoms with van der Waals surface area (Å²) in [7, 11) is 0. The van der Waals surface area contributed by atoms with Gasteiger partial charge in [-0.15, -0.1) is 0 Å². The molecule has 6 heteroatoms. The van der Waals surface area contributed by atoms with E-state index in [1.54, 1.807) is 12.5 Å². The number of rotatable bonds is 5. The number of hydrogen-bond acceptors (Lipinski definition) is 3. The third kappa shape index (κ3) is 3.60. The first-order valence-electron chi connectivity index (χ1n) is 7.44. The van der Waals surface area contributed by atoms with Crippen LogP contribution in [-0.2, 0) is 17.8 Å². The molecule has 0 fully saturated rings. The largest absolute Gasteiger partial charge is 0.505 e. The Kier molecular flexibility index (Phi) is 4.56. The number of carbonyl (C=O) groups excluding carboxylic acids is 1. The zero-order valence-electron chi connectivity index (χ0n) is 12.8. The molecule has 1 amide bonds. The number of nitrogens with zero attached hydrogens (tertiary/aromatic N) is 2. The number of hydrogen-bond donors (Lipinski definition) is 2. The normalized spacial score (nSPS) is 10.5. The fourth-order valence-electron chi connectivity index (χ4n) is 2.42. The lowest BCUT2D eigenvalue weighted by atomic mass is 10.1. The monoisotopic (exact) mass is 325 g/mol. The van der Waals surface area contributed by atoms with E-state index >= 15 is 0 Å². The molecule has 2 aromatic carbocycles. The van der Waals surface area contributed by atoms with Crippen LogP contribution in [0.2, 0.25) is 0 Å². The third-order valence-corrected chi connectivity index (χ3v) is 3.63.